The number of nitrogens with zero attached hydrogens (tertiary/aromatic N) is 2. The zero-order chi connectivity index (χ0) is 13.2. The molecule has 0 aliphatic heterocycles. The Bertz CT molecular complexity index is 464. The first-order valence-electron chi connectivity index (χ1n) is 5.99. The summed E-state index contributed by atoms with van der Waals surface area (Å²) >= 11 is 0. The molecule has 3 nitrogen and oxygen atoms in total. The first kappa shape index (κ1) is 12.7. The lowest BCUT2D eigenvalue weighted by Gasteiger charge is -2.40. The number of hydrogen-bond acceptors (Lipinski definition) is 3. The quantitative estimate of drug-likeness (QED) is 0.880. The van der Waals surface area contributed by atoms with Crippen LogP contribution in [-0.2, 0) is 5.60 Å². The van der Waals surface area contributed by atoms with Crippen molar-refractivity contribution >= 4 is 0 Å². The Kier molecular flexibility index (Phi) is 3.18. The highest BCUT2D eigenvalue weighted by Crippen LogP contribution is 2.43. The average molecular weight is 242 g/mol. The lowest BCUT2D eigenvalue weighted by atomic mass is 9.69. The fourth-order valence-electron chi connectivity index (χ4n) is 2.20. The van der Waals surface area contributed by atoms with Crippen molar-refractivity contribution in [2.45, 2.75) is 26.4 Å². The maximum atomic E-state index is 11.2. The molecule has 0 radical (unpaired) electrons. The van der Waals surface area contributed by atoms with Gasteiger partial charge in [-0.1, -0.05) is 51.1 Å². The lowest BCUT2D eigenvalue weighted by molar-refractivity contribution is -0.0264. The molecule has 0 aliphatic rings. The molecule has 1 unspecified atom stereocenters. The van der Waals surface area contributed by atoms with Gasteiger partial charge in [-0.3, -0.25) is 0 Å². The Balaban J connectivity index is 2.63. The van der Waals surface area contributed by atoms with Gasteiger partial charge in [0.2, 0.25) is 0 Å². The molecule has 2 rings (SSSR count). The molecule has 1 aromatic heterocycles. The predicted molar refractivity (Wildman–Crippen MR) is 70.9 cm³/mol. The Morgan fingerprint density at radius 2 is 1.44 bits per heavy atom. The molecule has 18 heavy (non-hydrogen) atoms. The number of rotatable bonds is 2. The zero-order valence-corrected chi connectivity index (χ0v) is 11.0. The maximum Gasteiger partial charge on any atom is 0.122 e. The van der Waals surface area contributed by atoms with E-state index in [1.807, 2.05) is 51.1 Å². The number of aromatic nitrogens is 2. The van der Waals surface area contributed by atoms with Crippen molar-refractivity contribution < 1.29 is 5.11 Å². The SMILES string of the molecule is CC(C)(C)C(O)(c1ccccc1)c1cncnc1. The minimum Gasteiger partial charge on any atom is -0.380 e. The molecule has 0 aliphatic carbocycles. The molecule has 0 bridgehead atoms. The molecule has 3 heteroatoms. The van der Waals surface area contributed by atoms with Crippen LogP contribution in [0.3, 0.4) is 0 Å². The number of aliphatic hydroxyl groups is 1. The first-order chi connectivity index (χ1) is 8.46. The van der Waals surface area contributed by atoms with Crippen molar-refractivity contribution in [3.05, 3.63) is 60.2 Å². The van der Waals surface area contributed by atoms with Gasteiger partial charge in [-0.15, -0.1) is 0 Å². The molecule has 0 saturated carbocycles. The molecule has 1 heterocycles. The molecule has 0 saturated heterocycles. The van der Waals surface area contributed by atoms with E-state index in [-0.39, 0.29) is 5.41 Å². The summed E-state index contributed by atoms with van der Waals surface area (Å²) < 4.78 is 0. The molecule has 1 atom stereocenters. The second-order valence-corrected chi connectivity index (χ2v) is 5.45. The highest BCUT2D eigenvalue weighted by molar-refractivity contribution is 5.35. The van der Waals surface area contributed by atoms with Crippen molar-refractivity contribution in [1.82, 2.24) is 9.97 Å². The predicted octanol–water partition coefficient (Wildman–Crippen LogP) is 2.76. The summed E-state index contributed by atoms with van der Waals surface area (Å²) in [5.74, 6) is 0. The third kappa shape index (κ3) is 2.02. The summed E-state index contributed by atoms with van der Waals surface area (Å²) in [6.07, 6.45) is 4.81. The molecule has 0 amide bonds. The van der Waals surface area contributed by atoms with Crippen molar-refractivity contribution in [2.24, 2.45) is 5.41 Å². The fraction of sp³-hybridized carbons (Fsp3) is 0.333. The van der Waals surface area contributed by atoms with Crippen LogP contribution in [0.2, 0.25) is 0 Å². The van der Waals surface area contributed by atoms with Crippen LogP contribution < -0.4 is 0 Å². The summed E-state index contributed by atoms with van der Waals surface area (Å²) in [6, 6.07) is 9.65. The van der Waals surface area contributed by atoms with E-state index in [1.54, 1.807) is 12.4 Å². The van der Waals surface area contributed by atoms with Gasteiger partial charge in [-0.05, 0) is 11.0 Å². The van der Waals surface area contributed by atoms with E-state index < -0.39 is 5.60 Å². The lowest BCUT2D eigenvalue weighted by Crippen LogP contribution is -2.41. The van der Waals surface area contributed by atoms with E-state index in [0.29, 0.717) is 5.56 Å². The molecular weight excluding hydrogens is 224 g/mol. The molecule has 2 aromatic rings. The highest BCUT2D eigenvalue weighted by Gasteiger charge is 2.43. The molecule has 0 spiro atoms. The van der Waals surface area contributed by atoms with Gasteiger partial charge >= 0.3 is 0 Å². The Labute approximate surface area is 108 Å². The molecule has 94 valence electrons. The topological polar surface area (TPSA) is 46.0 Å². The largest absolute Gasteiger partial charge is 0.380 e. The smallest absolute Gasteiger partial charge is 0.122 e. The highest BCUT2D eigenvalue weighted by atomic mass is 16.3. The van der Waals surface area contributed by atoms with E-state index in [4.69, 9.17) is 0 Å². The molecule has 1 aromatic carbocycles. The van der Waals surface area contributed by atoms with E-state index >= 15 is 0 Å². The average Bonchev–Trinajstić information content (AvgIpc) is 2.38. The summed E-state index contributed by atoms with van der Waals surface area (Å²) in [4.78, 5) is 8.04. The minimum absolute atomic E-state index is 0.362. The third-order valence-corrected chi connectivity index (χ3v) is 3.26. The van der Waals surface area contributed by atoms with E-state index in [2.05, 4.69) is 9.97 Å². The van der Waals surface area contributed by atoms with Crippen molar-refractivity contribution in [3.63, 3.8) is 0 Å². The first-order valence-corrected chi connectivity index (χ1v) is 5.99. The van der Waals surface area contributed by atoms with Crippen LogP contribution in [0.15, 0.2) is 49.1 Å². The Morgan fingerprint density at radius 1 is 0.889 bits per heavy atom. The summed E-state index contributed by atoms with van der Waals surface area (Å²) in [7, 11) is 0. The van der Waals surface area contributed by atoms with E-state index in [0.717, 1.165) is 5.56 Å². The van der Waals surface area contributed by atoms with Crippen LogP contribution in [-0.4, -0.2) is 15.1 Å². The van der Waals surface area contributed by atoms with Gasteiger partial charge in [0.1, 0.15) is 11.9 Å². The second kappa shape index (κ2) is 4.50. The van der Waals surface area contributed by atoms with E-state index in [1.165, 1.54) is 6.33 Å². The van der Waals surface area contributed by atoms with Crippen LogP contribution in [0.1, 0.15) is 31.9 Å². The normalized spacial score (nSPS) is 15.1. The van der Waals surface area contributed by atoms with Crippen LogP contribution in [0.5, 0.6) is 0 Å². The summed E-state index contributed by atoms with van der Waals surface area (Å²) in [6.45, 7) is 6.02. The monoisotopic (exact) mass is 242 g/mol. The maximum absolute atomic E-state index is 11.2. The number of benzene rings is 1. The molecular formula is C15H18N2O. The van der Waals surface area contributed by atoms with Gasteiger partial charge in [-0.25, -0.2) is 9.97 Å². The standard InChI is InChI=1S/C15H18N2O/c1-14(2,3)15(18,12-7-5-4-6-8-12)13-9-16-11-17-10-13/h4-11,18H,1-3H3. The van der Waals surface area contributed by atoms with Gasteiger partial charge in [-0.2, -0.15) is 0 Å². The van der Waals surface area contributed by atoms with Crippen LogP contribution in [0.4, 0.5) is 0 Å². The summed E-state index contributed by atoms with van der Waals surface area (Å²) in [5.41, 5.74) is 0.102. The van der Waals surface area contributed by atoms with Gasteiger partial charge < -0.3 is 5.11 Å². The fourth-order valence-corrected chi connectivity index (χ4v) is 2.20. The van der Waals surface area contributed by atoms with Crippen molar-refractivity contribution in [1.29, 1.82) is 0 Å². The molecule has 1 N–H and O–H groups in total. The minimum atomic E-state index is -1.10. The van der Waals surface area contributed by atoms with Crippen molar-refractivity contribution in [2.75, 3.05) is 0 Å². The second-order valence-electron chi connectivity index (χ2n) is 5.45. The summed E-state index contributed by atoms with van der Waals surface area (Å²) in [5, 5.41) is 11.2. The molecule has 0 fully saturated rings. The van der Waals surface area contributed by atoms with Gasteiger partial charge in [0.05, 0.1) is 0 Å². The van der Waals surface area contributed by atoms with Crippen molar-refractivity contribution in [3.8, 4) is 0 Å². The van der Waals surface area contributed by atoms with Crippen LogP contribution >= 0.6 is 0 Å². The third-order valence-electron chi connectivity index (χ3n) is 3.26. The number of hydrogen-bond donors (Lipinski definition) is 1. The Morgan fingerprint density at radius 3 is 1.94 bits per heavy atom. The van der Waals surface area contributed by atoms with E-state index in [9.17, 15) is 5.11 Å². The Hall–Kier alpha value is -1.74. The van der Waals surface area contributed by atoms with Crippen LogP contribution in [0, 0.1) is 5.41 Å². The van der Waals surface area contributed by atoms with Gasteiger partial charge in [0.15, 0.2) is 0 Å². The van der Waals surface area contributed by atoms with Gasteiger partial charge in [0, 0.05) is 18.0 Å². The zero-order valence-electron chi connectivity index (χ0n) is 11.0. The van der Waals surface area contributed by atoms with Crippen LogP contribution in [0.25, 0.3) is 0 Å². The van der Waals surface area contributed by atoms with Gasteiger partial charge in [0.25, 0.3) is 0 Å².